The van der Waals surface area contributed by atoms with E-state index in [1.807, 2.05) is 31.2 Å². The van der Waals surface area contributed by atoms with Crippen LogP contribution in [-0.4, -0.2) is 19.2 Å². The summed E-state index contributed by atoms with van der Waals surface area (Å²) in [7, 11) is -3.16. The number of hydrogen-bond acceptors (Lipinski definition) is 4. The largest absolute Gasteiger partial charge is 0.377 e. The molecule has 0 aliphatic carbocycles. The molecule has 1 unspecified atom stereocenters. The molecule has 1 aromatic carbocycles. The fourth-order valence-electron chi connectivity index (χ4n) is 2.41. The lowest BCUT2D eigenvalue weighted by molar-refractivity contribution is 0.598. The van der Waals surface area contributed by atoms with Gasteiger partial charge in [0.1, 0.15) is 0 Å². The van der Waals surface area contributed by atoms with Gasteiger partial charge in [-0.15, -0.1) is 0 Å². The molecule has 19 heavy (non-hydrogen) atoms. The number of aromatic nitrogens is 1. The Labute approximate surface area is 112 Å². The average molecular weight is 274 g/mol. The first-order valence-corrected chi connectivity index (χ1v) is 7.72. The fraction of sp³-hybridized carbons (Fsp3) is 0.214. The number of nitrogens with one attached hydrogen (secondary N) is 1. The number of sulfone groups is 1. The molecule has 1 aliphatic rings. The van der Waals surface area contributed by atoms with Crippen molar-refractivity contribution in [3.8, 4) is 0 Å². The van der Waals surface area contributed by atoms with Crippen LogP contribution in [0.25, 0.3) is 0 Å². The molecule has 0 saturated carbocycles. The Morgan fingerprint density at radius 1 is 1.26 bits per heavy atom. The van der Waals surface area contributed by atoms with Crippen LogP contribution in [-0.2, 0) is 9.84 Å². The quantitative estimate of drug-likeness (QED) is 0.913. The maximum absolute atomic E-state index is 12.1. The maximum Gasteiger partial charge on any atom is 0.181 e. The second kappa shape index (κ2) is 4.35. The minimum absolute atomic E-state index is 0.105. The van der Waals surface area contributed by atoms with E-state index in [4.69, 9.17) is 0 Å². The lowest BCUT2D eigenvalue weighted by Crippen LogP contribution is -2.13. The van der Waals surface area contributed by atoms with Gasteiger partial charge in [-0.1, -0.05) is 18.2 Å². The molecule has 2 heterocycles. The molecule has 0 amide bonds. The number of aryl methyl sites for hydroxylation is 1. The van der Waals surface area contributed by atoms with E-state index >= 15 is 0 Å². The van der Waals surface area contributed by atoms with Crippen LogP contribution in [0.4, 0.5) is 5.69 Å². The van der Waals surface area contributed by atoms with Crippen LogP contribution in [0.15, 0.2) is 47.5 Å². The van der Waals surface area contributed by atoms with Gasteiger partial charge in [0.15, 0.2) is 9.84 Å². The van der Waals surface area contributed by atoms with E-state index < -0.39 is 9.84 Å². The van der Waals surface area contributed by atoms with Gasteiger partial charge in [0.2, 0.25) is 0 Å². The Morgan fingerprint density at radius 2 is 2.05 bits per heavy atom. The topological polar surface area (TPSA) is 59.1 Å². The average Bonchev–Trinajstić information content (AvgIpc) is 2.62. The SMILES string of the molecule is Cc1cc(NC2CS(=O)(=O)c3ccccc32)ccn1. The molecule has 1 atom stereocenters. The summed E-state index contributed by atoms with van der Waals surface area (Å²) in [6.45, 7) is 1.91. The second-order valence-electron chi connectivity index (χ2n) is 4.70. The van der Waals surface area contributed by atoms with Crippen LogP contribution in [0.1, 0.15) is 17.3 Å². The van der Waals surface area contributed by atoms with E-state index in [1.54, 1.807) is 18.3 Å². The highest BCUT2D eigenvalue weighted by molar-refractivity contribution is 7.91. The van der Waals surface area contributed by atoms with Gasteiger partial charge in [-0.25, -0.2) is 8.42 Å². The molecular weight excluding hydrogens is 260 g/mol. The van der Waals surface area contributed by atoms with Crippen LogP contribution in [0, 0.1) is 6.92 Å². The van der Waals surface area contributed by atoms with Crippen LogP contribution in [0.3, 0.4) is 0 Å². The summed E-state index contributed by atoms with van der Waals surface area (Å²) in [5.41, 5.74) is 2.64. The van der Waals surface area contributed by atoms with Crippen LogP contribution in [0.5, 0.6) is 0 Å². The smallest absolute Gasteiger partial charge is 0.181 e. The highest BCUT2D eigenvalue weighted by atomic mass is 32.2. The molecule has 2 aromatic rings. The molecule has 4 nitrogen and oxygen atoms in total. The van der Waals surface area contributed by atoms with Crippen molar-refractivity contribution in [2.45, 2.75) is 17.9 Å². The molecule has 0 fully saturated rings. The van der Waals surface area contributed by atoms with Crippen molar-refractivity contribution in [3.63, 3.8) is 0 Å². The van der Waals surface area contributed by atoms with E-state index in [1.165, 1.54) is 0 Å². The molecule has 0 radical (unpaired) electrons. The van der Waals surface area contributed by atoms with E-state index in [0.717, 1.165) is 16.9 Å². The summed E-state index contributed by atoms with van der Waals surface area (Å²) in [6, 6.07) is 10.7. The highest BCUT2D eigenvalue weighted by Crippen LogP contribution is 2.35. The summed E-state index contributed by atoms with van der Waals surface area (Å²) in [5, 5.41) is 3.27. The predicted octanol–water partition coefficient (Wildman–Crippen LogP) is 2.33. The molecule has 0 bridgehead atoms. The minimum atomic E-state index is -3.16. The van der Waals surface area contributed by atoms with Gasteiger partial charge in [0.25, 0.3) is 0 Å². The minimum Gasteiger partial charge on any atom is -0.377 e. The van der Waals surface area contributed by atoms with E-state index in [9.17, 15) is 8.42 Å². The van der Waals surface area contributed by atoms with Crippen LogP contribution in [0.2, 0.25) is 0 Å². The Hall–Kier alpha value is -1.88. The molecular formula is C14H14N2O2S. The lowest BCUT2D eigenvalue weighted by Gasteiger charge is -2.14. The molecule has 3 rings (SSSR count). The van der Waals surface area contributed by atoms with Crippen molar-refractivity contribution in [2.24, 2.45) is 0 Å². The lowest BCUT2D eigenvalue weighted by atomic mass is 10.1. The van der Waals surface area contributed by atoms with Crippen molar-refractivity contribution in [1.29, 1.82) is 0 Å². The monoisotopic (exact) mass is 274 g/mol. The number of pyridine rings is 1. The Kier molecular flexibility index (Phi) is 2.78. The third kappa shape index (κ3) is 2.21. The molecule has 1 N–H and O–H groups in total. The molecule has 1 aromatic heterocycles. The highest BCUT2D eigenvalue weighted by Gasteiger charge is 2.34. The van der Waals surface area contributed by atoms with E-state index in [0.29, 0.717) is 4.90 Å². The first kappa shape index (κ1) is 12.2. The third-order valence-electron chi connectivity index (χ3n) is 3.25. The number of rotatable bonds is 2. The van der Waals surface area contributed by atoms with Crippen LogP contribution < -0.4 is 5.32 Å². The van der Waals surface area contributed by atoms with Crippen molar-refractivity contribution >= 4 is 15.5 Å². The molecule has 0 spiro atoms. The molecule has 5 heteroatoms. The van der Waals surface area contributed by atoms with E-state index in [2.05, 4.69) is 10.3 Å². The van der Waals surface area contributed by atoms with Gasteiger partial charge in [-0.2, -0.15) is 0 Å². The predicted molar refractivity (Wildman–Crippen MR) is 73.8 cm³/mol. The van der Waals surface area contributed by atoms with Gasteiger partial charge in [-0.05, 0) is 30.7 Å². The summed E-state index contributed by atoms with van der Waals surface area (Å²) in [6.07, 6.45) is 1.72. The zero-order valence-corrected chi connectivity index (χ0v) is 11.3. The summed E-state index contributed by atoms with van der Waals surface area (Å²) in [4.78, 5) is 4.57. The standard InChI is InChI=1S/C14H14N2O2S/c1-10-8-11(6-7-15-10)16-13-9-19(17,18)14-5-3-2-4-12(13)14/h2-8,13H,9H2,1H3,(H,15,16). The second-order valence-corrected chi connectivity index (χ2v) is 6.70. The van der Waals surface area contributed by atoms with Gasteiger partial charge in [0.05, 0.1) is 16.7 Å². The maximum atomic E-state index is 12.1. The number of fused-ring (bicyclic) bond motifs is 1. The first-order chi connectivity index (χ1) is 9.06. The Balaban J connectivity index is 1.96. The zero-order chi connectivity index (χ0) is 13.5. The van der Waals surface area contributed by atoms with Crippen LogP contribution >= 0.6 is 0 Å². The summed E-state index contributed by atoms with van der Waals surface area (Å²) < 4.78 is 24.1. The van der Waals surface area contributed by atoms with Crippen molar-refractivity contribution in [1.82, 2.24) is 4.98 Å². The number of benzene rings is 1. The number of anilines is 1. The number of nitrogens with zero attached hydrogens (tertiary/aromatic N) is 1. The van der Waals surface area contributed by atoms with Gasteiger partial charge >= 0.3 is 0 Å². The van der Waals surface area contributed by atoms with E-state index in [-0.39, 0.29) is 11.8 Å². The zero-order valence-electron chi connectivity index (χ0n) is 10.5. The van der Waals surface area contributed by atoms with Crippen molar-refractivity contribution in [3.05, 3.63) is 53.9 Å². The van der Waals surface area contributed by atoms with Gasteiger partial charge < -0.3 is 5.32 Å². The van der Waals surface area contributed by atoms with Crippen molar-refractivity contribution < 1.29 is 8.42 Å². The Bertz CT molecular complexity index is 726. The first-order valence-electron chi connectivity index (χ1n) is 6.07. The summed E-state index contributed by atoms with van der Waals surface area (Å²) in [5.74, 6) is 0.105. The van der Waals surface area contributed by atoms with Gasteiger partial charge in [0, 0.05) is 17.6 Å². The van der Waals surface area contributed by atoms with Gasteiger partial charge in [-0.3, -0.25) is 4.98 Å². The van der Waals surface area contributed by atoms with Crippen molar-refractivity contribution in [2.75, 3.05) is 11.1 Å². The number of hydrogen-bond donors (Lipinski definition) is 1. The Morgan fingerprint density at radius 3 is 2.84 bits per heavy atom. The summed E-state index contributed by atoms with van der Waals surface area (Å²) >= 11 is 0. The molecule has 1 aliphatic heterocycles. The third-order valence-corrected chi connectivity index (χ3v) is 5.07. The molecule has 0 saturated heterocycles. The molecule has 98 valence electrons. The normalized spacial score (nSPS) is 19.9. The fourth-order valence-corrected chi connectivity index (χ4v) is 4.14.